The van der Waals surface area contributed by atoms with Crippen LogP contribution in [0.25, 0.3) is 0 Å². The number of nitrogen functional groups attached to an aromatic ring is 2. The molecule has 2 nitrogen and oxygen atoms in total. The summed E-state index contributed by atoms with van der Waals surface area (Å²) in [5.41, 5.74) is 11.7. The van der Waals surface area contributed by atoms with Crippen molar-refractivity contribution in [2.45, 2.75) is 6.42 Å². The number of rotatable bonds is 2. The predicted octanol–water partition coefficient (Wildman–Crippen LogP) is 4.03. The summed E-state index contributed by atoms with van der Waals surface area (Å²) in [6.07, 6.45) is 0.272. The molecule has 0 radical (unpaired) electrons. The molecule has 0 atom stereocenters. The Balaban J connectivity index is 2.36. The minimum Gasteiger partial charge on any atom is -0.395 e. The first-order valence-electron chi connectivity index (χ1n) is 5.35. The fourth-order valence-corrected chi connectivity index (χ4v) is 2.17. The minimum atomic E-state index is -0.607. The van der Waals surface area contributed by atoms with Crippen LogP contribution in [0.2, 0.25) is 10.0 Å². The zero-order valence-electron chi connectivity index (χ0n) is 9.68. The Hall–Kier alpha value is -1.52. The molecule has 0 heterocycles. The molecule has 0 amide bonds. The third-order valence-electron chi connectivity index (χ3n) is 2.69. The van der Waals surface area contributed by atoms with Gasteiger partial charge >= 0.3 is 0 Å². The Morgan fingerprint density at radius 2 is 1.16 bits per heavy atom. The number of hydrogen-bond acceptors (Lipinski definition) is 2. The summed E-state index contributed by atoms with van der Waals surface area (Å²) in [5, 5.41) is 0.244. The highest BCUT2D eigenvalue weighted by atomic mass is 35.5. The van der Waals surface area contributed by atoms with Crippen molar-refractivity contribution in [3.8, 4) is 0 Å². The van der Waals surface area contributed by atoms with E-state index in [1.54, 1.807) is 0 Å². The van der Waals surface area contributed by atoms with E-state index in [1.807, 2.05) is 0 Å². The van der Waals surface area contributed by atoms with E-state index in [4.69, 9.17) is 34.7 Å². The SMILES string of the molecule is Nc1c(F)cc(Cc2cc(F)c(N)c(Cl)c2)cc1Cl. The third kappa shape index (κ3) is 2.91. The largest absolute Gasteiger partial charge is 0.395 e. The maximum atomic E-state index is 13.4. The van der Waals surface area contributed by atoms with Crippen molar-refractivity contribution in [1.82, 2.24) is 0 Å². The molecule has 19 heavy (non-hydrogen) atoms. The maximum absolute atomic E-state index is 13.4. The Labute approximate surface area is 118 Å². The highest BCUT2D eigenvalue weighted by Crippen LogP contribution is 2.28. The molecule has 0 fully saturated rings. The van der Waals surface area contributed by atoms with Gasteiger partial charge in [0.1, 0.15) is 11.6 Å². The van der Waals surface area contributed by atoms with Gasteiger partial charge in [-0.2, -0.15) is 0 Å². The second kappa shape index (κ2) is 5.23. The Morgan fingerprint density at radius 1 is 0.789 bits per heavy atom. The van der Waals surface area contributed by atoms with Gasteiger partial charge in [0.2, 0.25) is 0 Å². The Kier molecular flexibility index (Phi) is 3.83. The van der Waals surface area contributed by atoms with E-state index >= 15 is 0 Å². The van der Waals surface area contributed by atoms with Gasteiger partial charge in [0.15, 0.2) is 0 Å². The number of benzene rings is 2. The van der Waals surface area contributed by atoms with Crippen LogP contribution in [0.5, 0.6) is 0 Å². The first-order valence-corrected chi connectivity index (χ1v) is 6.11. The van der Waals surface area contributed by atoms with Gasteiger partial charge in [0, 0.05) is 0 Å². The molecule has 0 unspecified atom stereocenters. The molecule has 0 aliphatic rings. The van der Waals surface area contributed by atoms with Crippen molar-refractivity contribution in [3.63, 3.8) is 0 Å². The van der Waals surface area contributed by atoms with Gasteiger partial charge in [-0.3, -0.25) is 0 Å². The van der Waals surface area contributed by atoms with Crippen molar-refractivity contribution in [2.24, 2.45) is 0 Å². The lowest BCUT2D eigenvalue weighted by atomic mass is 10.0. The van der Waals surface area contributed by atoms with Crippen molar-refractivity contribution >= 4 is 34.6 Å². The van der Waals surface area contributed by atoms with Crippen LogP contribution in [0.4, 0.5) is 20.2 Å². The van der Waals surface area contributed by atoms with E-state index in [2.05, 4.69) is 0 Å². The summed E-state index contributed by atoms with van der Waals surface area (Å²) in [5.74, 6) is -1.21. The van der Waals surface area contributed by atoms with E-state index < -0.39 is 11.6 Å². The fourth-order valence-electron chi connectivity index (χ4n) is 1.71. The number of halogens is 4. The van der Waals surface area contributed by atoms with Crippen LogP contribution < -0.4 is 11.5 Å². The monoisotopic (exact) mass is 302 g/mol. The zero-order chi connectivity index (χ0) is 14.2. The highest BCUT2D eigenvalue weighted by Gasteiger charge is 2.10. The Morgan fingerprint density at radius 3 is 1.47 bits per heavy atom. The van der Waals surface area contributed by atoms with Crippen LogP contribution in [-0.4, -0.2) is 0 Å². The molecule has 0 saturated heterocycles. The first kappa shape index (κ1) is 13.9. The highest BCUT2D eigenvalue weighted by molar-refractivity contribution is 6.33. The molecule has 0 aliphatic heterocycles. The summed E-state index contributed by atoms with van der Waals surface area (Å²) in [4.78, 5) is 0. The molecule has 2 aromatic carbocycles. The van der Waals surface area contributed by atoms with Crippen molar-refractivity contribution in [3.05, 3.63) is 57.1 Å². The van der Waals surface area contributed by atoms with Gasteiger partial charge in [-0.25, -0.2) is 8.78 Å². The van der Waals surface area contributed by atoms with Crippen LogP contribution in [-0.2, 0) is 6.42 Å². The topological polar surface area (TPSA) is 52.0 Å². The van der Waals surface area contributed by atoms with Crippen molar-refractivity contribution in [1.29, 1.82) is 0 Å². The van der Waals surface area contributed by atoms with E-state index in [1.165, 1.54) is 24.3 Å². The van der Waals surface area contributed by atoms with Crippen LogP contribution >= 0.6 is 23.2 Å². The predicted molar refractivity (Wildman–Crippen MR) is 74.5 cm³/mol. The molecule has 0 spiro atoms. The molecule has 100 valence electrons. The first-order chi connectivity index (χ1) is 8.88. The molecule has 0 aromatic heterocycles. The number of hydrogen-bond donors (Lipinski definition) is 2. The van der Waals surface area contributed by atoms with Gasteiger partial charge in [-0.15, -0.1) is 0 Å². The van der Waals surface area contributed by atoms with Gasteiger partial charge in [0.05, 0.1) is 21.4 Å². The molecule has 0 aliphatic carbocycles. The molecular formula is C13H10Cl2F2N2. The fraction of sp³-hybridized carbons (Fsp3) is 0.0769. The Bertz CT molecular complexity index is 543. The second-order valence-corrected chi connectivity index (χ2v) is 4.94. The van der Waals surface area contributed by atoms with Crippen LogP contribution in [0.3, 0.4) is 0 Å². The molecule has 4 N–H and O–H groups in total. The van der Waals surface area contributed by atoms with Crippen molar-refractivity contribution in [2.75, 3.05) is 11.5 Å². The summed E-state index contributed by atoms with van der Waals surface area (Å²) < 4.78 is 26.9. The normalized spacial score (nSPS) is 10.7. The van der Waals surface area contributed by atoms with E-state index in [-0.39, 0.29) is 27.8 Å². The number of nitrogens with two attached hydrogens (primary N) is 2. The van der Waals surface area contributed by atoms with Crippen molar-refractivity contribution < 1.29 is 8.78 Å². The molecule has 2 rings (SSSR count). The summed E-state index contributed by atoms with van der Waals surface area (Å²) in [7, 11) is 0. The average molecular weight is 303 g/mol. The summed E-state index contributed by atoms with van der Waals surface area (Å²) in [6, 6.07) is 5.57. The lowest BCUT2D eigenvalue weighted by molar-refractivity contribution is 0.629. The molecule has 6 heteroatoms. The van der Waals surface area contributed by atoms with Gasteiger partial charge in [-0.1, -0.05) is 23.2 Å². The van der Waals surface area contributed by atoms with E-state index in [0.717, 1.165) is 0 Å². The molecule has 0 bridgehead atoms. The van der Waals surface area contributed by atoms with Crippen LogP contribution in [0.1, 0.15) is 11.1 Å². The maximum Gasteiger partial charge on any atom is 0.147 e. The third-order valence-corrected chi connectivity index (χ3v) is 3.31. The smallest absolute Gasteiger partial charge is 0.147 e. The minimum absolute atomic E-state index is 0.105. The average Bonchev–Trinajstić information content (AvgIpc) is 2.33. The summed E-state index contributed by atoms with van der Waals surface area (Å²) >= 11 is 11.6. The quantitative estimate of drug-likeness (QED) is 0.823. The van der Waals surface area contributed by atoms with Gasteiger partial charge in [-0.05, 0) is 41.8 Å². The van der Waals surface area contributed by atoms with Gasteiger partial charge < -0.3 is 11.5 Å². The molecular weight excluding hydrogens is 293 g/mol. The summed E-state index contributed by atoms with van der Waals surface area (Å²) in [6.45, 7) is 0. The zero-order valence-corrected chi connectivity index (χ0v) is 11.2. The van der Waals surface area contributed by atoms with E-state index in [0.29, 0.717) is 11.1 Å². The number of anilines is 2. The molecule has 2 aromatic rings. The van der Waals surface area contributed by atoms with Crippen LogP contribution in [0.15, 0.2) is 24.3 Å². The van der Waals surface area contributed by atoms with Gasteiger partial charge in [0.25, 0.3) is 0 Å². The van der Waals surface area contributed by atoms with Crippen LogP contribution in [0, 0.1) is 11.6 Å². The molecule has 0 saturated carbocycles. The second-order valence-electron chi connectivity index (χ2n) is 4.12. The lowest BCUT2D eigenvalue weighted by Crippen LogP contribution is -1.98. The standard InChI is InChI=1S/C13H10Cl2F2N2/c14-8-2-6(4-10(16)12(8)18)1-7-3-9(15)13(19)11(17)5-7/h2-5H,1,18-19H2. The van der Waals surface area contributed by atoms with E-state index in [9.17, 15) is 8.78 Å². The lowest BCUT2D eigenvalue weighted by Gasteiger charge is -2.08.